The van der Waals surface area contributed by atoms with Gasteiger partial charge >= 0.3 is 5.97 Å². The monoisotopic (exact) mass is 466 g/mol. The number of halogens is 1. The van der Waals surface area contributed by atoms with E-state index >= 15 is 0 Å². The van der Waals surface area contributed by atoms with Crippen molar-refractivity contribution >= 4 is 28.6 Å². The number of rotatable bonds is 4. The highest BCUT2D eigenvalue weighted by Crippen LogP contribution is 2.25. The maximum Gasteiger partial charge on any atom is 0.347 e. The van der Waals surface area contributed by atoms with E-state index in [1.165, 1.54) is 0 Å². The predicted molar refractivity (Wildman–Crippen MR) is 113 cm³/mol. The van der Waals surface area contributed by atoms with E-state index < -0.39 is 5.97 Å². The first-order valence-corrected chi connectivity index (χ1v) is 9.47. The number of carbonyl (C=O) groups excluding carboxylic acids is 1. The minimum Gasteiger partial charge on any atom is -0.423 e. The van der Waals surface area contributed by atoms with Crippen molar-refractivity contribution in [2.45, 2.75) is 0 Å². The fourth-order valence-electron chi connectivity index (χ4n) is 2.71. The van der Waals surface area contributed by atoms with Crippen molar-refractivity contribution in [1.29, 1.82) is 0 Å². The van der Waals surface area contributed by atoms with Gasteiger partial charge in [-0.3, -0.25) is 0 Å². The topological polar surface area (TPSA) is 44.1 Å². The molecular weight excluding hydrogens is 451 g/mol. The van der Waals surface area contributed by atoms with Gasteiger partial charge in [-0.1, -0.05) is 48.5 Å². The molecular formula is C22H15IN2O2. The molecule has 4 nitrogen and oxygen atoms in total. The van der Waals surface area contributed by atoms with Gasteiger partial charge in [-0.2, -0.15) is 5.10 Å². The second-order valence-corrected chi connectivity index (χ2v) is 7.13. The SMILES string of the molecule is O=C(Oc1ccc(I)cc1)c1cn(-c2ccccc2)nc1-c1ccccc1. The van der Waals surface area contributed by atoms with Crippen LogP contribution in [0.4, 0.5) is 0 Å². The number of hydrogen-bond acceptors (Lipinski definition) is 3. The van der Waals surface area contributed by atoms with Gasteiger partial charge in [0.05, 0.1) is 5.69 Å². The van der Waals surface area contributed by atoms with E-state index in [2.05, 4.69) is 27.7 Å². The summed E-state index contributed by atoms with van der Waals surface area (Å²) in [6.07, 6.45) is 1.71. The van der Waals surface area contributed by atoms with Crippen LogP contribution in [-0.4, -0.2) is 15.7 Å². The summed E-state index contributed by atoms with van der Waals surface area (Å²) in [7, 11) is 0. The summed E-state index contributed by atoms with van der Waals surface area (Å²) >= 11 is 2.21. The maximum atomic E-state index is 12.9. The van der Waals surface area contributed by atoms with Crippen molar-refractivity contribution in [1.82, 2.24) is 9.78 Å². The smallest absolute Gasteiger partial charge is 0.347 e. The van der Waals surface area contributed by atoms with Crippen LogP contribution in [0.5, 0.6) is 5.75 Å². The van der Waals surface area contributed by atoms with Crippen molar-refractivity contribution in [3.63, 3.8) is 0 Å². The normalized spacial score (nSPS) is 10.6. The van der Waals surface area contributed by atoms with Crippen LogP contribution < -0.4 is 4.74 Å². The molecule has 1 aromatic heterocycles. The van der Waals surface area contributed by atoms with Crippen LogP contribution in [0.1, 0.15) is 10.4 Å². The van der Waals surface area contributed by atoms with Crippen molar-refractivity contribution in [2.24, 2.45) is 0 Å². The average Bonchev–Trinajstić information content (AvgIpc) is 3.17. The highest BCUT2D eigenvalue weighted by molar-refractivity contribution is 14.1. The summed E-state index contributed by atoms with van der Waals surface area (Å²) in [6.45, 7) is 0. The Morgan fingerprint density at radius 1 is 0.852 bits per heavy atom. The molecule has 0 aliphatic rings. The molecule has 0 spiro atoms. The van der Waals surface area contributed by atoms with Crippen LogP contribution in [0.25, 0.3) is 16.9 Å². The highest BCUT2D eigenvalue weighted by atomic mass is 127. The zero-order chi connectivity index (χ0) is 18.6. The summed E-state index contributed by atoms with van der Waals surface area (Å²) in [5.74, 6) is 0.0733. The van der Waals surface area contributed by atoms with E-state index in [-0.39, 0.29) is 0 Å². The van der Waals surface area contributed by atoms with E-state index in [9.17, 15) is 4.79 Å². The lowest BCUT2D eigenvalue weighted by molar-refractivity contribution is 0.0735. The number of nitrogens with zero attached hydrogens (tertiary/aromatic N) is 2. The fraction of sp³-hybridized carbons (Fsp3) is 0. The Labute approximate surface area is 170 Å². The van der Waals surface area contributed by atoms with Crippen LogP contribution in [0.3, 0.4) is 0 Å². The summed E-state index contributed by atoms with van der Waals surface area (Å²) in [5, 5.41) is 4.64. The molecule has 0 saturated carbocycles. The lowest BCUT2D eigenvalue weighted by Crippen LogP contribution is -2.09. The van der Waals surface area contributed by atoms with Gasteiger partial charge < -0.3 is 4.74 Å². The summed E-state index contributed by atoms with van der Waals surface area (Å²) < 4.78 is 8.35. The third kappa shape index (κ3) is 3.93. The zero-order valence-corrected chi connectivity index (χ0v) is 16.4. The summed E-state index contributed by atoms with van der Waals surface area (Å²) in [6, 6.07) is 26.7. The molecule has 0 bridgehead atoms. The van der Waals surface area contributed by atoms with Crippen LogP contribution in [0.2, 0.25) is 0 Å². The molecule has 132 valence electrons. The molecule has 0 aliphatic carbocycles. The number of para-hydroxylation sites is 1. The number of benzene rings is 3. The van der Waals surface area contributed by atoms with Gasteiger partial charge in [-0.25, -0.2) is 9.48 Å². The van der Waals surface area contributed by atoms with Gasteiger partial charge in [-0.15, -0.1) is 0 Å². The third-order valence-corrected chi connectivity index (χ3v) is 4.75. The van der Waals surface area contributed by atoms with Crippen molar-refractivity contribution < 1.29 is 9.53 Å². The van der Waals surface area contributed by atoms with Gasteiger partial charge in [0.2, 0.25) is 0 Å². The molecule has 4 rings (SSSR count). The number of hydrogen-bond donors (Lipinski definition) is 0. The largest absolute Gasteiger partial charge is 0.423 e. The number of carbonyl (C=O) groups is 1. The minimum atomic E-state index is -0.433. The molecule has 0 N–H and O–H groups in total. The van der Waals surface area contributed by atoms with E-state index in [4.69, 9.17) is 4.74 Å². The van der Waals surface area contributed by atoms with E-state index in [0.717, 1.165) is 14.8 Å². The number of ether oxygens (including phenoxy) is 1. The molecule has 0 atom stereocenters. The van der Waals surface area contributed by atoms with Gasteiger partial charge in [0.1, 0.15) is 17.0 Å². The molecule has 27 heavy (non-hydrogen) atoms. The Balaban J connectivity index is 1.74. The number of aromatic nitrogens is 2. The Bertz CT molecular complexity index is 1060. The first-order chi connectivity index (χ1) is 13.2. The zero-order valence-electron chi connectivity index (χ0n) is 14.2. The van der Waals surface area contributed by atoms with Gasteiger partial charge in [-0.05, 0) is 59.0 Å². The second-order valence-electron chi connectivity index (χ2n) is 5.88. The van der Waals surface area contributed by atoms with Crippen molar-refractivity contribution in [2.75, 3.05) is 0 Å². The molecule has 5 heteroatoms. The minimum absolute atomic E-state index is 0.420. The van der Waals surface area contributed by atoms with Crippen molar-refractivity contribution in [3.05, 3.63) is 100 Å². The molecule has 0 fully saturated rings. The molecule has 1 heterocycles. The summed E-state index contributed by atoms with van der Waals surface area (Å²) in [4.78, 5) is 12.9. The average molecular weight is 466 g/mol. The highest BCUT2D eigenvalue weighted by Gasteiger charge is 2.20. The first-order valence-electron chi connectivity index (χ1n) is 8.39. The number of esters is 1. The van der Waals surface area contributed by atoms with Gasteiger partial charge in [0.25, 0.3) is 0 Å². The molecule has 0 saturated heterocycles. The molecule has 3 aromatic carbocycles. The molecule has 0 unspecified atom stereocenters. The van der Waals surface area contributed by atoms with Crippen LogP contribution >= 0.6 is 22.6 Å². The Hall–Kier alpha value is -2.93. The van der Waals surface area contributed by atoms with E-state index in [1.807, 2.05) is 72.8 Å². The lowest BCUT2D eigenvalue weighted by Gasteiger charge is -2.04. The van der Waals surface area contributed by atoms with E-state index in [0.29, 0.717) is 17.0 Å². The molecule has 0 radical (unpaired) electrons. The Morgan fingerprint density at radius 3 is 2.15 bits per heavy atom. The van der Waals surface area contributed by atoms with Gasteiger partial charge in [0.15, 0.2) is 0 Å². The summed E-state index contributed by atoms with van der Waals surface area (Å²) in [5.41, 5.74) is 2.75. The Kier molecular flexibility index (Phi) is 5.02. The quantitative estimate of drug-likeness (QED) is 0.231. The Morgan fingerprint density at radius 2 is 1.48 bits per heavy atom. The molecule has 0 aliphatic heterocycles. The van der Waals surface area contributed by atoms with E-state index in [1.54, 1.807) is 23.0 Å². The standard InChI is InChI=1S/C22H15IN2O2/c23-17-11-13-19(14-12-17)27-22(26)20-15-25(18-9-5-2-6-10-18)24-21(20)16-7-3-1-4-8-16/h1-15H. The van der Waals surface area contributed by atoms with Crippen LogP contribution in [-0.2, 0) is 0 Å². The van der Waals surface area contributed by atoms with Gasteiger partial charge in [0, 0.05) is 15.3 Å². The second kappa shape index (κ2) is 7.75. The van der Waals surface area contributed by atoms with Crippen LogP contribution in [0.15, 0.2) is 91.1 Å². The maximum absolute atomic E-state index is 12.9. The molecule has 4 aromatic rings. The fourth-order valence-corrected chi connectivity index (χ4v) is 3.07. The van der Waals surface area contributed by atoms with Crippen molar-refractivity contribution in [3.8, 4) is 22.7 Å². The first kappa shape index (κ1) is 17.5. The molecule has 0 amide bonds. The van der Waals surface area contributed by atoms with Crippen LogP contribution in [0, 0.1) is 3.57 Å². The lowest BCUT2D eigenvalue weighted by atomic mass is 10.1. The third-order valence-electron chi connectivity index (χ3n) is 4.03. The predicted octanol–water partition coefficient (Wildman–Crippen LogP) is 5.36.